The van der Waals surface area contributed by atoms with Gasteiger partial charge in [-0.05, 0) is 47.9 Å². The Morgan fingerprint density at radius 1 is 0.760 bits per heavy atom. The van der Waals surface area contributed by atoms with Crippen molar-refractivity contribution in [2.24, 2.45) is 0 Å². The first-order chi connectivity index (χ1) is 12.3. The molecule has 0 bridgehead atoms. The van der Waals surface area contributed by atoms with Crippen molar-refractivity contribution in [3.05, 3.63) is 42.5 Å². The number of fused-ring (bicyclic) bond motifs is 3. The van der Waals surface area contributed by atoms with Crippen LogP contribution in [0.15, 0.2) is 42.5 Å². The predicted molar refractivity (Wildman–Crippen MR) is 105 cm³/mol. The minimum absolute atomic E-state index is 0.705. The van der Waals surface area contributed by atoms with Crippen LogP contribution in [0, 0.1) is 0 Å². The number of ether oxygens (including phenoxy) is 2. The quantitative estimate of drug-likeness (QED) is 0.347. The number of benzene rings is 2. The predicted octanol–water partition coefficient (Wildman–Crippen LogP) is 6.14. The number of hydrogen-bond donors (Lipinski definition) is 0. The van der Waals surface area contributed by atoms with E-state index >= 15 is 0 Å². The molecule has 25 heavy (non-hydrogen) atoms. The van der Waals surface area contributed by atoms with Crippen LogP contribution in [0.4, 0.5) is 0 Å². The third-order valence-electron chi connectivity index (χ3n) is 4.40. The lowest BCUT2D eigenvalue weighted by atomic mass is 10.0. The van der Waals surface area contributed by atoms with E-state index < -0.39 is 0 Å². The van der Waals surface area contributed by atoms with Crippen molar-refractivity contribution in [2.45, 2.75) is 46.0 Å². The second-order valence-electron chi connectivity index (χ2n) is 6.42. The smallest absolute Gasteiger partial charge is 0.213 e. The highest BCUT2D eigenvalue weighted by atomic mass is 16.5. The second-order valence-corrected chi connectivity index (χ2v) is 6.42. The SMILES string of the molecule is CCCCCOc1ccc2c(ccc3nc(OCCCC)ccc32)c1. The fourth-order valence-corrected chi connectivity index (χ4v) is 2.94. The van der Waals surface area contributed by atoms with Gasteiger partial charge < -0.3 is 9.47 Å². The van der Waals surface area contributed by atoms with Gasteiger partial charge in [0.05, 0.1) is 18.7 Å². The van der Waals surface area contributed by atoms with Crippen molar-refractivity contribution < 1.29 is 9.47 Å². The summed E-state index contributed by atoms with van der Waals surface area (Å²) in [5.41, 5.74) is 0.970. The van der Waals surface area contributed by atoms with Crippen molar-refractivity contribution in [3.8, 4) is 11.6 Å². The van der Waals surface area contributed by atoms with Gasteiger partial charge in [0.25, 0.3) is 0 Å². The zero-order chi connectivity index (χ0) is 17.5. The molecule has 3 nitrogen and oxygen atoms in total. The molecule has 0 aliphatic rings. The third kappa shape index (κ3) is 4.41. The molecule has 0 amide bonds. The third-order valence-corrected chi connectivity index (χ3v) is 4.40. The first kappa shape index (κ1) is 17.5. The summed E-state index contributed by atoms with van der Waals surface area (Å²) in [6, 6.07) is 14.5. The van der Waals surface area contributed by atoms with Gasteiger partial charge in [-0.25, -0.2) is 4.98 Å². The maximum absolute atomic E-state index is 5.87. The van der Waals surface area contributed by atoms with E-state index in [0.29, 0.717) is 5.88 Å². The molecule has 1 heterocycles. The molecule has 0 atom stereocenters. The van der Waals surface area contributed by atoms with Crippen LogP contribution in [0.2, 0.25) is 0 Å². The molecule has 3 rings (SSSR count). The highest BCUT2D eigenvalue weighted by molar-refractivity contribution is 6.06. The number of nitrogens with zero attached hydrogens (tertiary/aromatic N) is 1. The van der Waals surface area contributed by atoms with Gasteiger partial charge in [-0.1, -0.05) is 45.2 Å². The van der Waals surface area contributed by atoms with E-state index in [4.69, 9.17) is 9.47 Å². The van der Waals surface area contributed by atoms with Crippen molar-refractivity contribution in [1.82, 2.24) is 4.98 Å². The molecule has 0 fully saturated rings. The van der Waals surface area contributed by atoms with E-state index in [-0.39, 0.29) is 0 Å². The number of aromatic nitrogens is 1. The molecule has 0 N–H and O–H groups in total. The fourth-order valence-electron chi connectivity index (χ4n) is 2.94. The highest BCUT2D eigenvalue weighted by Gasteiger charge is 2.05. The molecule has 3 heteroatoms. The normalized spacial score (nSPS) is 11.1. The molecular weight excluding hydrogens is 310 g/mol. The summed E-state index contributed by atoms with van der Waals surface area (Å²) >= 11 is 0. The molecule has 2 aromatic carbocycles. The molecule has 132 valence electrons. The van der Waals surface area contributed by atoms with Gasteiger partial charge in [0.15, 0.2) is 0 Å². The van der Waals surface area contributed by atoms with E-state index in [1.807, 2.05) is 6.07 Å². The zero-order valence-corrected chi connectivity index (χ0v) is 15.3. The molecule has 0 aliphatic heterocycles. The largest absolute Gasteiger partial charge is 0.494 e. The van der Waals surface area contributed by atoms with Crippen LogP contribution in [-0.4, -0.2) is 18.2 Å². The molecular formula is C22H27NO2. The fraction of sp³-hybridized carbons (Fsp3) is 0.409. The molecule has 1 aromatic heterocycles. The van der Waals surface area contributed by atoms with Crippen LogP contribution in [0.5, 0.6) is 11.6 Å². The van der Waals surface area contributed by atoms with E-state index in [0.717, 1.165) is 49.1 Å². The van der Waals surface area contributed by atoms with Crippen molar-refractivity contribution in [1.29, 1.82) is 0 Å². The first-order valence-corrected chi connectivity index (χ1v) is 9.41. The maximum atomic E-state index is 5.87. The topological polar surface area (TPSA) is 31.4 Å². The molecule has 3 aromatic rings. The summed E-state index contributed by atoms with van der Waals surface area (Å²) in [7, 11) is 0. The number of rotatable bonds is 9. The van der Waals surface area contributed by atoms with Crippen molar-refractivity contribution >= 4 is 21.7 Å². The van der Waals surface area contributed by atoms with Gasteiger partial charge in [-0.2, -0.15) is 0 Å². The lowest BCUT2D eigenvalue weighted by Gasteiger charge is -2.10. The number of hydrogen-bond acceptors (Lipinski definition) is 3. The Morgan fingerprint density at radius 2 is 1.56 bits per heavy atom. The van der Waals surface area contributed by atoms with E-state index in [9.17, 15) is 0 Å². The molecule has 0 aliphatic carbocycles. The van der Waals surface area contributed by atoms with Gasteiger partial charge in [0.2, 0.25) is 5.88 Å². The van der Waals surface area contributed by atoms with Crippen molar-refractivity contribution in [2.75, 3.05) is 13.2 Å². The Bertz CT molecular complexity index is 829. The minimum atomic E-state index is 0.705. The van der Waals surface area contributed by atoms with Gasteiger partial charge >= 0.3 is 0 Å². The lowest BCUT2D eigenvalue weighted by Crippen LogP contribution is -1.98. The van der Waals surface area contributed by atoms with E-state index in [2.05, 4.69) is 55.2 Å². The summed E-state index contributed by atoms with van der Waals surface area (Å²) in [4.78, 5) is 4.64. The van der Waals surface area contributed by atoms with E-state index in [1.54, 1.807) is 0 Å². The van der Waals surface area contributed by atoms with Crippen LogP contribution in [-0.2, 0) is 0 Å². The summed E-state index contributed by atoms with van der Waals surface area (Å²) in [6.45, 7) is 5.87. The van der Waals surface area contributed by atoms with E-state index in [1.165, 1.54) is 23.6 Å². The Labute approximate surface area is 150 Å². The van der Waals surface area contributed by atoms with Crippen LogP contribution >= 0.6 is 0 Å². The van der Waals surface area contributed by atoms with Crippen molar-refractivity contribution in [3.63, 3.8) is 0 Å². The van der Waals surface area contributed by atoms with Crippen LogP contribution < -0.4 is 9.47 Å². The van der Waals surface area contributed by atoms with Gasteiger partial charge in [0, 0.05) is 11.5 Å². The summed E-state index contributed by atoms with van der Waals surface area (Å²) in [5.74, 6) is 1.65. The number of unbranched alkanes of at least 4 members (excludes halogenated alkanes) is 3. The van der Waals surface area contributed by atoms with Crippen LogP contribution in [0.3, 0.4) is 0 Å². The Kier molecular flexibility index (Phi) is 6.10. The molecule has 0 radical (unpaired) electrons. The van der Waals surface area contributed by atoms with Crippen LogP contribution in [0.1, 0.15) is 46.0 Å². The standard InChI is InChI=1S/C22H27NO2/c1-3-5-7-15-24-18-9-10-19-17(16-18)8-12-21-20(19)11-13-22(23-21)25-14-6-4-2/h8-13,16H,3-7,14-15H2,1-2H3. The maximum Gasteiger partial charge on any atom is 0.213 e. The first-order valence-electron chi connectivity index (χ1n) is 9.41. The molecule has 0 unspecified atom stereocenters. The average molecular weight is 337 g/mol. The summed E-state index contributed by atoms with van der Waals surface area (Å²) in [6.07, 6.45) is 5.72. The monoisotopic (exact) mass is 337 g/mol. The Morgan fingerprint density at radius 3 is 2.40 bits per heavy atom. The number of pyridine rings is 1. The van der Waals surface area contributed by atoms with Gasteiger partial charge in [-0.3, -0.25) is 0 Å². The van der Waals surface area contributed by atoms with Gasteiger partial charge in [0.1, 0.15) is 5.75 Å². The summed E-state index contributed by atoms with van der Waals surface area (Å²) in [5, 5.41) is 3.53. The summed E-state index contributed by atoms with van der Waals surface area (Å²) < 4.78 is 11.6. The highest BCUT2D eigenvalue weighted by Crippen LogP contribution is 2.29. The van der Waals surface area contributed by atoms with Gasteiger partial charge in [-0.15, -0.1) is 0 Å². The average Bonchev–Trinajstić information content (AvgIpc) is 2.65. The minimum Gasteiger partial charge on any atom is -0.494 e. The lowest BCUT2D eigenvalue weighted by molar-refractivity contribution is 0.299. The Hall–Kier alpha value is -2.29. The Balaban J connectivity index is 1.80. The molecule has 0 saturated carbocycles. The molecule has 0 spiro atoms. The zero-order valence-electron chi connectivity index (χ0n) is 15.3. The second kappa shape index (κ2) is 8.70. The van der Waals surface area contributed by atoms with Crippen LogP contribution in [0.25, 0.3) is 21.7 Å². The molecule has 0 saturated heterocycles.